The van der Waals surface area contributed by atoms with Crippen LogP contribution in [0.5, 0.6) is 0 Å². The van der Waals surface area contributed by atoms with E-state index in [4.69, 9.17) is 16.9 Å². The maximum Gasteiger partial charge on any atom is 0.265 e. The summed E-state index contributed by atoms with van der Waals surface area (Å²) >= 11 is 7.66. The van der Waals surface area contributed by atoms with E-state index in [0.29, 0.717) is 21.3 Å². The lowest BCUT2D eigenvalue weighted by Crippen LogP contribution is -2.09. The third-order valence-electron chi connectivity index (χ3n) is 3.79. The van der Waals surface area contributed by atoms with Crippen LogP contribution in [0.15, 0.2) is 54.6 Å². The van der Waals surface area contributed by atoms with Gasteiger partial charge in [-0.2, -0.15) is 5.26 Å². The average molecular weight is 364 g/mol. The molecule has 0 saturated carbocycles. The van der Waals surface area contributed by atoms with E-state index in [2.05, 4.69) is 16.4 Å². The lowest BCUT2D eigenvalue weighted by molar-refractivity contribution is 0.103. The van der Waals surface area contributed by atoms with Crippen LogP contribution in [0.1, 0.15) is 15.2 Å². The minimum Gasteiger partial charge on any atom is -0.321 e. The van der Waals surface area contributed by atoms with E-state index in [-0.39, 0.29) is 5.91 Å². The van der Waals surface area contributed by atoms with Gasteiger partial charge in [-0.3, -0.25) is 4.79 Å². The van der Waals surface area contributed by atoms with Crippen molar-refractivity contribution in [1.82, 2.24) is 4.98 Å². The number of carbonyl (C=O) groups excluding carboxylic acids is 1. The number of rotatable bonds is 2. The molecule has 0 atom stereocenters. The SMILES string of the molecule is N#Cc1cccc(NC(=O)c2cc3c(Cl)nc4ccccc4c3s2)c1. The molecule has 0 aliphatic rings. The highest BCUT2D eigenvalue weighted by Crippen LogP contribution is 2.35. The number of benzene rings is 2. The zero-order chi connectivity index (χ0) is 17.4. The van der Waals surface area contributed by atoms with E-state index in [1.165, 1.54) is 11.3 Å². The summed E-state index contributed by atoms with van der Waals surface area (Å²) in [4.78, 5) is 17.5. The molecular formula is C19H10ClN3OS. The Morgan fingerprint density at radius 1 is 1.12 bits per heavy atom. The van der Waals surface area contributed by atoms with Crippen LogP contribution >= 0.6 is 22.9 Å². The minimum absolute atomic E-state index is 0.239. The largest absolute Gasteiger partial charge is 0.321 e. The zero-order valence-corrected chi connectivity index (χ0v) is 14.4. The van der Waals surface area contributed by atoms with Gasteiger partial charge in [0.15, 0.2) is 0 Å². The summed E-state index contributed by atoms with van der Waals surface area (Å²) in [6.45, 7) is 0. The molecular weight excluding hydrogens is 354 g/mol. The molecule has 0 aliphatic heterocycles. The van der Waals surface area contributed by atoms with Gasteiger partial charge < -0.3 is 5.32 Å². The Hall–Kier alpha value is -2.94. The van der Waals surface area contributed by atoms with Crippen molar-refractivity contribution in [3.05, 3.63) is 70.2 Å². The standard InChI is InChI=1S/C19H10ClN3OS/c20-18-14-9-16(19(24)22-12-5-3-4-11(8-12)10-21)25-17(14)13-6-1-2-7-15(13)23-18/h1-9H,(H,22,24). The molecule has 6 heteroatoms. The maximum absolute atomic E-state index is 12.6. The van der Waals surface area contributed by atoms with Gasteiger partial charge in [-0.15, -0.1) is 11.3 Å². The number of anilines is 1. The smallest absolute Gasteiger partial charge is 0.265 e. The number of carbonyl (C=O) groups is 1. The highest BCUT2D eigenvalue weighted by molar-refractivity contribution is 7.22. The molecule has 4 rings (SSSR count). The Morgan fingerprint density at radius 3 is 2.80 bits per heavy atom. The number of amides is 1. The summed E-state index contributed by atoms with van der Waals surface area (Å²) in [5.74, 6) is -0.239. The molecule has 0 fully saturated rings. The van der Waals surface area contributed by atoms with Gasteiger partial charge >= 0.3 is 0 Å². The molecule has 4 nitrogen and oxygen atoms in total. The predicted octanol–water partition coefficient (Wildman–Crippen LogP) is 5.23. The van der Waals surface area contributed by atoms with Gasteiger partial charge in [0.1, 0.15) is 5.15 Å². The normalized spacial score (nSPS) is 10.7. The average Bonchev–Trinajstić information content (AvgIpc) is 3.08. The number of halogens is 1. The van der Waals surface area contributed by atoms with Gasteiger partial charge in [-0.25, -0.2) is 4.98 Å². The highest BCUT2D eigenvalue weighted by atomic mass is 35.5. The molecule has 0 radical (unpaired) electrons. The van der Waals surface area contributed by atoms with E-state index in [9.17, 15) is 4.79 Å². The van der Waals surface area contributed by atoms with Crippen LogP contribution in [0.2, 0.25) is 5.15 Å². The van der Waals surface area contributed by atoms with Gasteiger partial charge in [-0.05, 0) is 30.3 Å². The molecule has 0 aliphatic carbocycles. The van der Waals surface area contributed by atoms with Crippen molar-refractivity contribution in [2.75, 3.05) is 5.32 Å². The van der Waals surface area contributed by atoms with Crippen molar-refractivity contribution in [1.29, 1.82) is 5.26 Å². The van der Waals surface area contributed by atoms with Crippen LogP contribution in [0.25, 0.3) is 21.0 Å². The summed E-state index contributed by atoms with van der Waals surface area (Å²) in [5.41, 5.74) is 1.87. The number of hydrogen-bond donors (Lipinski definition) is 1. The number of nitrogens with zero attached hydrogens (tertiary/aromatic N) is 2. The lowest BCUT2D eigenvalue weighted by Gasteiger charge is -2.03. The van der Waals surface area contributed by atoms with Crippen LogP contribution in [0.4, 0.5) is 5.69 Å². The molecule has 120 valence electrons. The molecule has 0 saturated heterocycles. The quantitative estimate of drug-likeness (QED) is 0.496. The third-order valence-corrected chi connectivity index (χ3v) is 5.25. The predicted molar refractivity (Wildman–Crippen MR) is 101 cm³/mol. The van der Waals surface area contributed by atoms with Crippen molar-refractivity contribution in [2.24, 2.45) is 0 Å². The van der Waals surface area contributed by atoms with Crippen molar-refractivity contribution in [3.63, 3.8) is 0 Å². The van der Waals surface area contributed by atoms with Crippen LogP contribution in [-0.2, 0) is 0 Å². The highest BCUT2D eigenvalue weighted by Gasteiger charge is 2.15. The first-order valence-electron chi connectivity index (χ1n) is 7.45. The van der Waals surface area contributed by atoms with Gasteiger partial charge in [-0.1, -0.05) is 35.9 Å². The number of fused-ring (bicyclic) bond motifs is 3. The van der Waals surface area contributed by atoms with Crippen LogP contribution in [0.3, 0.4) is 0 Å². The molecule has 1 amide bonds. The molecule has 0 unspecified atom stereocenters. The minimum atomic E-state index is -0.239. The first-order chi connectivity index (χ1) is 12.2. The van der Waals surface area contributed by atoms with Gasteiger partial charge in [0.2, 0.25) is 0 Å². The Balaban J connectivity index is 1.76. The van der Waals surface area contributed by atoms with Crippen LogP contribution in [-0.4, -0.2) is 10.9 Å². The molecule has 0 bridgehead atoms. The summed E-state index contributed by atoms with van der Waals surface area (Å²) < 4.78 is 0.937. The van der Waals surface area contributed by atoms with Crippen LogP contribution in [0, 0.1) is 11.3 Å². The maximum atomic E-state index is 12.6. The molecule has 2 heterocycles. The molecule has 25 heavy (non-hydrogen) atoms. The number of thiophene rings is 1. The number of pyridine rings is 1. The topological polar surface area (TPSA) is 65.8 Å². The lowest BCUT2D eigenvalue weighted by atomic mass is 10.2. The van der Waals surface area contributed by atoms with Crippen LogP contribution < -0.4 is 5.32 Å². The summed E-state index contributed by atoms with van der Waals surface area (Å²) in [7, 11) is 0. The molecule has 2 aromatic carbocycles. The van der Waals surface area contributed by atoms with E-state index in [0.717, 1.165) is 21.0 Å². The molecule has 2 aromatic heterocycles. The van der Waals surface area contributed by atoms with E-state index in [1.54, 1.807) is 30.3 Å². The molecule has 0 spiro atoms. The molecule has 4 aromatic rings. The summed E-state index contributed by atoms with van der Waals surface area (Å²) in [6, 6.07) is 18.3. The van der Waals surface area contributed by atoms with E-state index < -0.39 is 0 Å². The fourth-order valence-electron chi connectivity index (χ4n) is 2.64. The second-order valence-electron chi connectivity index (χ2n) is 5.42. The van der Waals surface area contributed by atoms with Crippen molar-refractivity contribution < 1.29 is 4.79 Å². The Morgan fingerprint density at radius 2 is 1.96 bits per heavy atom. The van der Waals surface area contributed by atoms with Crippen molar-refractivity contribution >= 4 is 55.5 Å². The van der Waals surface area contributed by atoms with Gasteiger partial charge in [0.25, 0.3) is 5.91 Å². The number of aromatic nitrogens is 1. The van der Waals surface area contributed by atoms with E-state index in [1.807, 2.05) is 24.3 Å². The van der Waals surface area contributed by atoms with Crippen molar-refractivity contribution in [3.8, 4) is 6.07 Å². The fourth-order valence-corrected chi connectivity index (χ4v) is 4.03. The first-order valence-corrected chi connectivity index (χ1v) is 8.64. The van der Waals surface area contributed by atoms with E-state index >= 15 is 0 Å². The number of hydrogen-bond acceptors (Lipinski definition) is 4. The van der Waals surface area contributed by atoms with Gasteiger partial charge in [0, 0.05) is 21.2 Å². The number of para-hydroxylation sites is 1. The fraction of sp³-hybridized carbons (Fsp3) is 0. The summed E-state index contributed by atoms with van der Waals surface area (Å²) in [6.07, 6.45) is 0. The monoisotopic (exact) mass is 363 g/mol. The Kier molecular flexibility index (Phi) is 3.85. The Labute approximate surface area is 152 Å². The summed E-state index contributed by atoms with van der Waals surface area (Å²) in [5, 5.41) is 13.9. The zero-order valence-electron chi connectivity index (χ0n) is 12.8. The number of nitrogens with one attached hydrogen (secondary N) is 1. The second-order valence-corrected chi connectivity index (χ2v) is 6.83. The number of nitriles is 1. The van der Waals surface area contributed by atoms with Crippen molar-refractivity contribution in [2.45, 2.75) is 0 Å². The Bertz CT molecular complexity index is 1180. The third kappa shape index (κ3) is 2.82. The molecule has 1 N–H and O–H groups in total. The second kappa shape index (κ2) is 6.17. The first kappa shape index (κ1) is 15.6. The van der Waals surface area contributed by atoms with Gasteiger partial charge in [0.05, 0.1) is 22.0 Å².